The van der Waals surface area contributed by atoms with Crippen molar-refractivity contribution in [2.24, 2.45) is 5.92 Å². The van der Waals surface area contributed by atoms with Gasteiger partial charge in [-0.2, -0.15) is 0 Å². The first-order valence-electron chi connectivity index (χ1n) is 11.0. The summed E-state index contributed by atoms with van der Waals surface area (Å²) in [6.45, 7) is 7.09. The summed E-state index contributed by atoms with van der Waals surface area (Å²) in [4.78, 5) is 12.7. The van der Waals surface area contributed by atoms with Crippen LogP contribution in [0.25, 0.3) is 0 Å². The summed E-state index contributed by atoms with van der Waals surface area (Å²) in [6.07, 6.45) is 2.07. The minimum atomic E-state index is -0.608. The zero-order chi connectivity index (χ0) is 23.1. The number of amides is 1. The summed E-state index contributed by atoms with van der Waals surface area (Å²) in [5.74, 6) is 1.80. The van der Waals surface area contributed by atoms with E-state index in [4.69, 9.17) is 20.9 Å². The molecule has 1 amide bonds. The van der Waals surface area contributed by atoms with Crippen LogP contribution in [0.4, 0.5) is 17.1 Å². The highest BCUT2D eigenvalue weighted by Gasteiger charge is 2.22. The van der Waals surface area contributed by atoms with Gasteiger partial charge in [0.15, 0.2) is 0 Å². The Kier molecular flexibility index (Phi) is 8.19. The summed E-state index contributed by atoms with van der Waals surface area (Å²) >= 11 is 0. The van der Waals surface area contributed by atoms with Gasteiger partial charge in [-0.15, -0.1) is 0 Å². The number of ether oxygens (including phenoxy) is 2. The fourth-order valence-corrected chi connectivity index (χ4v) is 3.85. The number of piperidine rings is 1. The molecule has 1 fully saturated rings. The predicted octanol–water partition coefficient (Wildman–Crippen LogP) is 2.57. The number of anilines is 3. The molecule has 0 saturated carbocycles. The lowest BCUT2D eigenvalue weighted by atomic mass is 9.97. The van der Waals surface area contributed by atoms with Crippen molar-refractivity contribution in [3.8, 4) is 11.5 Å². The van der Waals surface area contributed by atoms with Crippen molar-refractivity contribution < 1.29 is 19.4 Å². The first-order valence-corrected chi connectivity index (χ1v) is 11.0. The number of hydrogen-bond donors (Lipinski definition) is 4. The van der Waals surface area contributed by atoms with E-state index in [1.165, 1.54) is 0 Å². The second kappa shape index (κ2) is 11.1. The highest BCUT2D eigenvalue weighted by atomic mass is 16.5. The van der Waals surface area contributed by atoms with Gasteiger partial charge in [0.1, 0.15) is 24.2 Å². The van der Waals surface area contributed by atoms with Crippen LogP contribution in [-0.4, -0.2) is 55.4 Å². The van der Waals surface area contributed by atoms with Crippen LogP contribution < -0.4 is 26.3 Å². The number of nitrogen functional groups attached to an aromatic ring is 2. The molecule has 0 aliphatic carbocycles. The molecule has 0 bridgehead atoms. The zero-order valence-electron chi connectivity index (χ0n) is 18.8. The van der Waals surface area contributed by atoms with Crippen molar-refractivity contribution in [2.45, 2.75) is 32.8 Å². The topological polar surface area (TPSA) is 123 Å². The third-order valence-electron chi connectivity index (χ3n) is 6.07. The van der Waals surface area contributed by atoms with Gasteiger partial charge in [0, 0.05) is 12.2 Å². The molecule has 1 saturated heterocycles. The van der Waals surface area contributed by atoms with E-state index in [1.54, 1.807) is 0 Å². The van der Waals surface area contributed by atoms with Gasteiger partial charge < -0.3 is 36.3 Å². The third-order valence-corrected chi connectivity index (χ3v) is 6.07. The molecule has 2 aromatic rings. The van der Waals surface area contributed by atoms with Crippen molar-refractivity contribution in [1.29, 1.82) is 0 Å². The van der Waals surface area contributed by atoms with Crippen molar-refractivity contribution in [3.63, 3.8) is 0 Å². The molecule has 8 nitrogen and oxygen atoms in total. The normalized spacial score (nSPS) is 15.8. The minimum absolute atomic E-state index is 0.171. The molecule has 1 aliphatic heterocycles. The molecule has 174 valence electrons. The smallest absolute Gasteiger partial charge is 0.211 e. The van der Waals surface area contributed by atoms with E-state index in [9.17, 15) is 9.90 Å². The highest BCUT2D eigenvalue weighted by molar-refractivity contribution is 5.75. The van der Waals surface area contributed by atoms with E-state index < -0.39 is 6.10 Å². The Morgan fingerprint density at radius 3 is 2.50 bits per heavy atom. The van der Waals surface area contributed by atoms with Crippen molar-refractivity contribution in [3.05, 3.63) is 41.5 Å². The number of nitrogens with two attached hydrogens (primary N) is 2. The van der Waals surface area contributed by atoms with Crippen LogP contribution >= 0.6 is 0 Å². The van der Waals surface area contributed by atoms with Gasteiger partial charge in [0.25, 0.3) is 0 Å². The van der Waals surface area contributed by atoms with Crippen LogP contribution in [0, 0.1) is 19.8 Å². The number of nitrogens with zero attached hydrogens (tertiary/aromatic N) is 1. The molecule has 6 N–H and O–H groups in total. The van der Waals surface area contributed by atoms with Crippen LogP contribution in [0.1, 0.15) is 24.0 Å². The quantitative estimate of drug-likeness (QED) is 0.329. The Morgan fingerprint density at radius 1 is 1.16 bits per heavy atom. The number of aliphatic hydroxyl groups is 1. The summed E-state index contributed by atoms with van der Waals surface area (Å²) in [5.41, 5.74) is 15.8. The number of rotatable bonds is 10. The van der Waals surface area contributed by atoms with Crippen molar-refractivity contribution in [1.82, 2.24) is 4.90 Å². The molecule has 2 aromatic carbocycles. The molecule has 0 spiro atoms. The van der Waals surface area contributed by atoms with Gasteiger partial charge in [0.05, 0.1) is 18.0 Å². The van der Waals surface area contributed by atoms with E-state index in [-0.39, 0.29) is 6.61 Å². The lowest BCUT2D eigenvalue weighted by Gasteiger charge is -2.33. The second-order valence-corrected chi connectivity index (χ2v) is 8.45. The largest absolute Gasteiger partial charge is 0.493 e. The summed E-state index contributed by atoms with van der Waals surface area (Å²) < 4.78 is 11.7. The number of hydrogen-bond acceptors (Lipinski definition) is 7. The number of benzene rings is 2. The second-order valence-electron chi connectivity index (χ2n) is 8.45. The number of carbonyl (C=O) groups excluding carboxylic acids is 1. The minimum Gasteiger partial charge on any atom is -0.493 e. The molecule has 1 aliphatic rings. The zero-order valence-corrected chi connectivity index (χ0v) is 18.8. The molecule has 1 heterocycles. The van der Waals surface area contributed by atoms with Crippen molar-refractivity contribution in [2.75, 3.05) is 49.6 Å². The fourth-order valence-electron chi connectivity index (χ4n) is 3.85. The van der Waals surface area contributed by atoms with Gasteiger partial charge in [-0.3, -0.25) is 4.79 Å². The van der Waals surface area contributed by atoms with Crippen LogP contribution in [0.15, 0.2) is 30.3 Å². The third kappa shape index (κ3) is 6.27. The average Bonchev–Trinajstić information content (AvgIpc) is 2.80. The molecule has 0 radical (unpaired) electrons. The molecule has 1 atom stereocenters. The molecule has 0 aromatic heterocycles. The summed E-state index contributed by atoms with van der Waals surface area (Å²) in [6, 6.07) is 9.21. The maximum Gasteiger partial charge on any atom is 0.211 e. The Hall–Kier alpha value is -2.97. The lowest BCUT2D eigenvalue weighted by Crippen LogP contribution is -2.41. The fraction of sp³-hybridized carbons (Fsp3) is 0.458. The van der Waals surface area contributed by atoms with Crippen molar-refractivity contribution >= 4 is 23.5 Å². The monoisotopic (exact) mass is 442 g/mol. The molecular formula is C24H34N4O4. The Balaban J connectivity index is 1.38. The van der Waals surface area contributed by atoms with Gasteiger partial charge in [-0.25, -0.2) is 0 Å². The number of nitrogens with one attached hydrogen (secondary N) is 1. The summed E-state index contributed by atoms with van der Waals surface area (Å²) in [5, 5.41) is 13.0. The van der Waals surface area contributed by atoms with E-state index >= 15 is 0 Å². The summed E-state index contributed by atoms with van der Waals surface area (Å²) in [7, 11) is 0. The van der Waals surface area contributed by atoms with Crippen LogP contribution in [0.3, 0.4) is 0 Å². The maximum absolute atomic E-state index is 10.5. The molecule has 3 rings (SSSR count). The van der Waals surface area contributed by atoms with E-state index in [0.717, 1.165) is 48.5 Å². The maximum atomic E-state index is 10.5. The van der Waals surface area contributed by atoms with Crippen LogP contribution in [-0.2, 0) is 4.79 Å². The van der Waals surface area contributed by atoms with E-state index in [0.29, 0.717) is 42.6 Å². The van der Waals surface area contributed by atoms with Crippen LogP contribution in [0.5, 0.6) is 11.5 Å². The van der Waals surface area contributed by atoms with Gasteiger partial charge in [-0.05, 0) is 87.2 Å². The number of carbonyl (C=O) groups is 1. The Bertz CT molecular complexity index is 896. The molecule has 8 heteroatoms. The van der Waals surface area contributed by atoms with Gasteiger partial charge in [-0.1, -0.05) is 0 Å². The number of likely N-dealkylation sites (tertiary alicyclic amines) is 1. The number of aryl methyl sites for hydroxylation is 1. The number of β-amino-alcohol motifs (C(OH)–C–C–N with tert-alkyl or cyclic N) is 1. The first-order chi connectivity index (χ1) is 15.4. The van der Waals surface area contributed by atoms with E-state index in [2.05, 4.69) is 10.2 Å². The Labute approximate surface area is 189 Å². The predicted molar refractivity (Wildman–Crippen MR) is 127 cm³/mol. The Morgan fingerprint density at radius 2 is 1.84 bits per heavy atom. The van der Waals surface area contributed by atoms with Gasteiger partial charge >= 0.3 is 0 Å². The standard InChI is InChI=1S/C24H34N4O4/c1-16-11-22(24(26)23(25)17(16)2)32-14-20(30)12-28-9-7-18(8-10-28)13-31-21-5-3-19(4-6-21)27-15-29/h3-6,11,15,18,20,30H,7-10,12-14,25-26H2,1-2H3,(H,27,29). The molecular weight excluding hydrogens is 408 g/mol. The number of aliphatic hydroxyl groups excluding tert-OH is 1. The highest BCUT2D eigenvalue weighted by Crippen LogP contribution is 2.33. The molecule has 1 unspecified atom stereocenters. The average molecular weight is 443 g/mol. The van der Waals surface area contributed by atoms with E-state index in [1.807, 2.05) is 44.2 Å². The van der Waals surface area contributed by atoms with Gasteiger partial charge in [0.2, 0.25) is 6.41 Å². The first kappa shape index (κ1) is 23.7. The molecule has 32 heavy (non-hydrogen) atoms. The van der Waals surface area contributed by atoms with Crippen LogP contribution in [0.2, 0.25) is 0 Å². The SMILES string of the molecule is Cc1cc(OCC(O)CN2CCC(COc3ccc(NC=O)cc3)CC2)c(N)c(N)c1C. The lowest BCUT2D eigenvalue weighted by molar-refractivity contribution is -0.105.